The third-order valence-corrected chi connectivity index (χ3v) is 3.02. The van der Waals surface area contributed by atoms with Crippen molar-refractivity contribution < 1.29 is 9.50 Å². The topological polar surface area (TPSA) is 56.0 Å². The van der Waals surface area contributed by atoms with Crippen LogP contribution in [-0.2, 0) is 6.54 Å². The molecule has 0 saturated heterocycles. The van der Waals surface area contributed by atoms with Gasteiger partial charge in [-0.05, 0) is 30.9 Å². The van der Waals surface area contributed by atoms with Gasteiger partial charge in [0.15, 0.2) is 0 Å². The summed E-state index contributed by atoms with van der Waals surface area (Å²) >= 11 is 0. The molecule has 1 saturated carbocycles. The van der Waals surface area contributed by atoms with Crippen molar-refractivity contribution in [2.24, 2.45) is 5.92 Å². The van der Waals surface area contributed by atoms with E-state index in [1.54, 1.807) is 12.1 Å². The molecule has 0 bridgehead atoms. The summed E-state index contributed by atoms with van der Waals surface area (Å²) in [7, 11) is 0. The van der Waals surface area contributed by atoms with Gasteiger partial charge in [0.2, 0.25) is 0 Å². The Morgan fingerprint density at radius 2 is 2.29 bits per heavy atom. The molecular weight excluding hydrogens is 219 g/mol. The minimum absolute atomic E-state index is 0.323. The van der Waals surface area contributed by atoms with Crippen molar-refractivity contribution in [3.63, 3.8) is 0 Å². The molecule has 1 fully saturated rings. The van der Waals surface area contributed by atoms with Crippen molar-refractivity contribution in [1.29, 1.82) is 5.26 Å². The van der Waals surface area contributed by atoms with E-state index in [4.69, 9.17) is 5.26 Å². The summed E-state index contributed by atoms with van der Waals surface area (Å²) in [5.74, 6) is 0.0470. The molecule has 2 N–H and O–H groups in total. The molecule has 0 heterocycles. The number of aliphatic hydroxyl groups is 1. The molecule has 3 nitrogen and oxygen atoms in total. The van der Waals surface area contributed by atoms with Gasteiger partial charge in [0, 0.05) is 18.7 Å². The van der Waals surface area contributed by atoms with Crippen LogP contribution in [0.15, 0.2) is 18.2 Å². The van der Waals surface area contributed by atoms with Crippen LogP contribution in [0.25, 0.3) is 0 Å². The van der Waals surface area contributed by atoms with E-state index < -0.39 is 0 Å². The number of halogens is 1. The average Bonchev–Trinajstić information content (AvgIpc) is 3.15. The second kappa shape index (κ2) is 5.26. The maximum atomic E-state index is 13.5. The van der Waals surface area contributed by atoms with E-state index in [1.807, 2.05) is 6.07 Å². The van der Waals surface area contributed by atoms with Gasteiger partial charge in [-0.25, -0.2) is 4.39 Å². The van der Waals surface area contributed by atoms with Gasteiger partial charge in [0.05, 0.1) is 17.7 Å². The molecule has 2 rings (SSSR count). The van der Waals surface area contributed by atoms with Crippen LogP contribution in [0, 0.1) is 23.1 Å². The standard InChI is InChI=1S/C13H15FN2O/c14-12-5-9(6-15)1-2-11(12)7-16-8-13(17)10-3-4-10/h1-2,5,10,13,16-17H,3-4,7-8H2. The summed E-state index contributed by atoms with van der Waals surface area (Å²) in [6.07, 6.45) is 1.86. The number of nitriles is 1. The summed E-state index contributed by atoms with van der Waals surface area (Å²) in [4.78, 5) is 0. The average molecular weight is 234 g/mol. The fourth-order valence-electron chi connectivity index (χ4n) is 1.76. The van der Waals surface area contributed by atoms with Gasteiger partial charge in [0.25, 0.3) is 0 Å². The highest BCUT2D eigenvalue weighted by atomic mass is 19.1. The molecule has 1 aromatic carbocycles. The van der Waals surface area contributed by atoms with Crippen LogP contribution in [-0.4, -0.2) is 17.8 Å². The quantitative estimate of drug-likeness (QED) is 0.812. The van der Waals surface area contributed by atoms with E-state index in [2.05, 4.69) is 5.32 Å². The number of hydrogen-bond donors (Lipinski definition) is 2. The molecule has 0 radical (unpaired) electrons. The summed E-state index contributed by atoms with van der Waals surface area (Å²) in [5, 5.41) is 21.3. The Morgan fingerprint density at radius 1 is 1.53 bits per heavy atom. The molecule has 17 heavy (non-hydrogen) atoms. The molecular formula is C13H15FN2O. The fourth-order valence-corrected chi connectivity index (χ4v) is 1.76. The zero-order valence-electron chi connectivity index (χ0n) is 9.49. The highest BCUT2D eigenvalue weighted by Gasteiger charge is 2.29. The molecule has 0 aromatic heterocycles. The lowest BCUT2D eigenvalue weighted by Crippen LogP contribution is -2.28. The van der Waals surface area contributed by atoms with Gasteiger partial charge in [-0.2, -0.15) is 5.26 Å². The maximum absolute atomic E-state index is 13.5. The monoisotopic (exact) mass is 234 g/mol. The molecule has 4 heteroatoms. The fraction of sp³-hybridized carbons (Fsp3) is 0.462. The number of rotatable bonds is 5. The van der Waals surface area contributed by atoms with Crippen LogP contribution in [0.3, 0.4) is 0 Å². The molecule has 1 unspecified atom stereocenters. The molecule has 1 aromatic rings. The number of benzene rings is 1. The minimum atomic E-state index is -0.377. The Bertz CT molecular complexity index is 438. The lowest BCUT2D eigenvalue weighted by atomic mass is 10.1. The van der Waals surface area contributed by atoms with Crippen LogP contribution < -0.4 is 5.32 Å². The van der Waals surface area contributed by atoms with Gasteiger partial charge in [-0.1, -0.05) is 6.07 Å². The summed E-state index contributed by atoms with van der Waals surface area (Å²) in [6, 6.07) is 6.32. The van der Waals surface area contributed by atoms with Crippen molar-refractivity contribution in [2.45, 2.75) is 25.5 Å². The van der Waals surface area contributed by atoms with Crippen molar-refractivity contribution in [3.8, 4) is 6.07 Å². The molecule has 0 amide bonds. The lowest BCUT2D eigenvalue weighted by Gasteiger charge is -2.11. The van der Waals surface area contributed by atoms with Crippen LogP contribution in [0.4, 0.5) is 4.39 Å². The normalized spacial score (nSPS) is 16.5. The second-order valence-electron chi connectivity index (χ2n) is 4.45. The van der Waals surface area contributed by atoms with Gasteiger partial charge >= 0.3 is 0 Å². The summed E-state index contributed by atoms with van der Waals surface area (Å²) < 4.78 is 13.5. The molecule has 1 aliphatic rings. The molecule has 90 valence electrons. The zero-order chi connectivity index (χ0) is 12.3. The Balaban J connectivity index is 1.84. The smallest absolute Gasteiger partial charge is 0.129 e. The molecule has 1 atom stereocenters. The van der Waals surface area contributed by atoms with E-state index >= 15 is 0 Å². The predicted molar refractivity (Wildman–Crippen MR) is 61.6 cm³/mol. The van der Waals surface area contributed by atoms with E-state index in [0.29, 0.717) is 30.1 Å². The van der Waals surface area contributed by atoms with Gasteiger partial charge < -0.3 is 10.4 Å². The van der Waals surface area contributed by atoms with Gasteiger partial charge in [0.1, 0.15) is 5.82 Å². The maximum Gasteiger partial charge on any atom is 0.129 e. The first kappa shape index (κ1) is 12.0. The van der Waals surface area contributed by atoms with Crippen LogP contribution in [0.2, 0.25) is 0 Å². The van der Waals surface area contributed by atoms with Gasteiger partial charge in [-0.15, -0.1) is 0 Å². The summed E-state index contributed by atoms with van der Waals surface area (Å²) in [6.45, 7) is 0.866. The Labute approximate surface area is 99.9 Å². The minimum Gasteiger partial charge on any atom is -0.392 e. The molecule has 0 spiro atoms. The highest BCUT2D eigenvalue weighted by molar-refractivity contribution is 5.32. The number of aliphatic hydroxyl groups excluding tert-OH is 1. The number of nitrogens with zero attached hydrogens (tertiary/aromatic N) is 1. The van der Waals surface area contributed by atoms with Crippen LogP contribution >= 0.6 is 0 Å². The van der Waals surface area contributed by atoms with Crippen LogP contribution in [0.1, 0.15) is 24.0 Å². The Kier molecular flexibility index (Phi) is 3.72. The van der Waals surface area contributed by atoms with Crippen molar-refractivity contribution >= 4 is 0 Å². The van der Waals surface area contributed by atoms with Crippen molar-refractivity contribution in [2.75, 3.05) is 6.54 Å². The lowest BCUT2D eigenvalue weighted by molar-refractivity contribution is 0.148. The third kappa shape index (κ3) is 3.26. The Hall–Kier alpha value is -1.44. The highest BCUT2D eigenvalue weighted by Crippen LogP contribution is 2.32. The van der Waals surface area contributed by atoms with E-state index in [-0.39, 0.29) is 11.9 Å². The molecule has 0 aliphatic heterocycles. The van der Waals surface area contributed by atoms with E-state index in [9.17, 15) is 9.50 Å². The third-order valence-electron chi connectivity index (χ3n) is 3.02. The largest absolute Gasteiger partial charge is 0.392 e. The molecule has 1 aliphatic carbocycles. The number of nitrogens with one attached hydrogen (secondary N) is 1. The summed E-state index contributed by atoms with van der Waals surface area (Å²) in [5.41, 5.74) is 0.844. The first-order valence-electron chi connectivity index (χ1n) is 5.78. The zero-order valence-corrected chi connectivity index (χ0v) is 9.49. The SMILES string of the molecule is N#Cc1ccc(CNCC(O)C2CC2)c(F)c1. The Morgan fingerprint density at radius 3 is 2.88 bits per heavy atom. The van der Waals surface area contributed by atoms with E-state index in [1.165, 1.54) is 6.07 Å². The van der Waals surface area contributed by atoms with Gasteiger partial charge in [-0.3, -0.25) is 0 Å². The van der Waals surface area contributed by atoms with E-state index in [0.717, 1.165) is 12.8 Å². The predicted octanol–water partition coefficient (Wildman–Crippen LogP) is 1.56. The second-order valence-corrected chi connectivity index (χ2v) is 4.45. The first-order valence-corrected chi connectivity index (χ1v) is 5.78. The van der Waals surface area contributed by atoms with Crippen molar-refractivity contribution in [3.05, 3.63) is 35.1 Å². The number of hydrogen-bond acceptors (Lipinski definition) is 3. The first-order chi connectivity index (χ1) is 8.20. The van der Waals surface area contributed by atoms with Crippen molar-refractivity contribution in [1.82, 2.24) is 5.32 Å². The van der Waals surface area contributed by atoms with Crippen LogP contribution in [0.5, 0.6) is 0 Å².